The van der Waals surface area contributed by atoms with E-state index in [0.717, 1.165) is 25.9 Å². The van der Waals surface area contributed by atoms with Gasteiger partial charge in [-0.15, -0.1) is 0 Å². The van der Waals surface area contributed by atoms with Crippen molar-refractivity contribution in [1.82, 2.24) is 19.8 Å². The molecule has 2 fully saturated rings. The summed E-state index contributed by atoms with van der Waals surface area (Å²) in [5, 5.41) is 6.61. The maximum atomic E-state index is 13.5. The van der Waals surface area contributed by atoms with Gasteiger partial charge < -0.3 is 21.0 Å². The second kappa shape index (κ2) is 12.3. The van der Waals surface area contributed by atoms with Crippen molar-refractivity contribution in [3.8, 4) is 0 Å². The molecule has 3 atom stereocenters. The van der Waals surface area contributed by atoms with Crippen molar-refractivity contribution in [2.24, 2.45) is 22.8 Å². The normalized spacial score (nSPS) is 22.0. The minimum atomic E-state index is -3.87. The van der Waals surface area contributed by atoms with Gasteiger partial charge in [0.1, 0.15) is 18.4 Å². The first-order valence-corrected chi connectivity index (χ1v) is 13.8. The van der Waals surface area contributed by atoms with Gasteiger partial charge in [-0.2, -0.15) is 9.82 Å². The molecule has 0 saturated carbocycles. The van der Waals surface area contributed by atoms with Crippen LogP contribution in [0.5, 0.6) is 0 Å². The first-order valence-electron chi connectivity index (χ1n) is 12.3. The lowest BCUT2D eigenvalue weighted by Crippen LogP contribution is -2.54. The van der Waals surface area contributed by atoms with E-state index in [0.29, 0.717) is 32.4 Å². The summed E-state index contributed by atoms with van der Waals surface area (Å²) in [5.74, 6) is 5.09. The molecule has 1 aromatic carbocycles. The van der Waals surface area contributed by atoms with Crippen molar-refractivity contribution in [3.63, 3.8) is 0 Å². The highest BCUT2D eigenvalue weighted by Crippen LogP contribution is 2.22. The van der Waals surface area contributed by atoms with E-state index in [1.165, 1.54) is 12.1 Å². The lowest BCUT2D eigenvalue weighted by Gasteiger charge is -2.32. The number of hydrogen-bond acceptors (Lipinski definition) is 6. The molecule has 0 aliphatic carbocycles. The third kappa shape index (κ3) is 7.41. The minimum absolute atomic E-state index is 0.0867. The first-order chi connectivity index (χ1) is 16.7. The second-order valence-corrected chi connectivity index (χ2v) is 11.5. The molecule has 10 nitrogen and oxygen atoms in total. The summed E-state index contributed by atoms with van der Waals surface area (Å²) in [4.78, 5) is 30.3. The van der Waals surface area contributed by atoms with Crippen LogP contribution in [0.3, 0.4) is 0 Å². The fraction of sp³-hybridized carbons (Fsp3) is 0.625. The highest BCUT2D eigenvalue weighted by molar-refractivity contribution is 7.89. The molecule has 4 N–H and O–H groups in total. The number of piperidine rings is 1. The lowest BCUT2D eigenvalue weighted by atomic mass is 9.98. The van der Waals surface area contributed by atoms with Crippen molar-refractivity contribution in [2.45, 2.75) is 62.9 Å². The van der Waals surface area contributed by atoms with E-state index in [1.54, 1.807) is 29.4 Å². The molecule has 11 heteroatoms. The molecule has 2 heterocycles. The molecule has 2 amide bonds. The Morgan fingerprint density at radius 3 is 2.57 bits per heavy atom. The summed E-state index contributed by atoms with van der Waals surface area (Å²) < 4.78 is 28.5. The predicted molar refractivity (Wildman–Crippen MR) is 135 cm³/mol. The van der Waals surface area contributed by atoms with E-state index in [1.807, 2.05) is 18.7 Å². The summed E-state index contributed by atoms with van der Waals surface area (Å²) in [6.45, 7) is 6.49. The van der Waals surface area contributed by atoms with E-state index < -0.39 is 22.1 Å². The molecule has 2 aliphatic heterocycles. The number of amides is 2. The maximum absolute atomic E-state index is 13.5. The number of hydrogen-bond donors (Lipinski definition) is 3. The van der Waals surface area contributed by atoms with Crippen molar-refractivity contribution in [2.75, 3.05) is 26.2 Å². The Balaban J connectivity index is 1.65. The van der Waals surface area contributed by atoms with Gasteiger partial charge in [-0.25, -0.2) is 8.42 Å². The number of nitrogens with zero attached hydrogens (tertiary/aromatic N) is 3. The topological polar surface area (TPSA) is 137 Å². The van der Waals surface area contributed by atoms with Crippen LogP contribution in [0.4, 0.5) is 0 Å². The van der Waals surface area contributed by atoms with Gasteiger partial charge in [0.25, 0.3) is 0 Å². The fourth-order valence-corrected chi connectivity index (χ4v) is 6.08. The number of rotatable bonds is 10. The van der Waals surface area contributed by atoms with Crippen LogP contribution in [-0.4, -0.2) is 74.6 Å². The largest absolute Gasteiger partial charge is 0.361 e. The quantitative estimate of drug-likeness (QED) is 0.188. The van der Waals surface area contributed by atoms with Gasteiger partial charge in [0.2, 0.25) is 21.8 Å². The molecule has 194 valence electrons. The SMILES string of the molecule is CC(C)C[C@@H](NS(=O)(=O)c1ccccc1)C(=O)N1CCC[C@H]1C(=O)NCC1CCCN(C=NN)C1. The Kier molecular flexibility index (Phi) is 9.50. The van der Waals surface area contributed by atoms with E-state index in [-0.39, 0.29) is 28.5 Å². The Bertz CT molecular complexity index is 985. The number of likely N-dealkylation sites (tertiary alicyclic amines) is 2. The van der Waals surface area contributed by atoms with E-state index in [2.05, 4.69) is 15.1 Å². The molecule has 0 bridgehead atoms. The molecule has 1 unspecified atom stereocenters. The van der Waals surface area contributed by atoms with Crippen molar-refractivity contribution >= 4 is 28.2 Å². The summed E-state index contributed by atoms with van der Waals surface area (Å²) in [6.07, 6.45) is 5.23. The fourth-order valence-electron chi connectivity index (χ4n) is 4.85. The third-order valence-corrected chi connectivity index (χ3v) is 8.03. The van der Waals surface area contributed by atoms with Crippen LogP contribution in [0, 0.1) is 11.8 Å². The number of hydrazone groups is 1. The zero-order valence-corrected chi connectivity index (χ0v) is 21.4. The Labute approximate surface area is 208 Å². The minimum Gasteiger partial charge on any atom is -0.361 e. The Hall–Kier alpha value is -2.66. The van der Waals surface area contributed by atoms with Crippen LogP contribution in [0.25, 0.3) is 0 Å². The Morgan fingerprint density at radius 1 is 1.17 bits per heavy atom. The van der Waals surface area contributed by atoms with Crippen LogP contribution in [0.1, 0.15) is 46.0 Å². The van der Waals surface area contributed by atoms with Crippen LogP contribution in [-0.2, 0) is 19.6 Å². The zero-order valence-electron chi connectivity index (χ0n) is 20.6. The van der Waals surface area contributed by atoms with Gasteiger partial charge in [0.05, 0.1) is 4.90 Å². The van der Waals surface area contributed by atoms with Crippen molar-refractivity contribution in [3.05, 3.63) is 30.3 Å². The van der Waals surface area contributed by atoms with Gasteiger partial charge in [0, 0.05) is 26.2 Å². The molecular weight excluding hydrogens is 468 g/mol. The molecular formula is C24H38N6O4S. The molecule has 0 aromatic heterocycles. The summed E-state index contributed by atoms with van der Waals surface area (Å²) >= 11 is 0. The second-order valence-electron chi connectivity index (χ2n) is 9.82. The number of nitrogens with one attached hydrogen (secondary N) is 2. The van der Waals surface area contributed by atoms with E-state index >= 15 is 0 Å². The number of benzene rings is 1. The molecule has 3 rings (SSSR count). The summed E-state index contributed by atoms with van der Waals surface area (Å²) in [7, 11) is -3.87. The van der Waals surface area contributed by atoms with Gasteiger partial charge in [-0.05, 0) is 56.1 Å². The van der Waals surface area contributed by atoms with Gasteiger partial charge in [0.15, 0.2) is 0 Å². The summed E-state index contributed by atoms with van der Waals surface area (Å²) in [5.41, 5.74) is 0. The molecule has 35 heavy (non-hydrogen) atoms. The van der Waals surface area contributed by atoms with Gasteiger partial charge in [-0.1, -0.05) is 32.0 Å². The van der Waals surface area contributed by atoms with E-state index in [9.17, 15) is 18.0 Å². The van der Waals surface area contributed by atoms with E-state index in [4.69, 9.17) is 5.84 Å². The van der Waals surface area contributed by atoms with Crippen LogP contribution in [0.2, 0.25) is 0 Å². The van der Waals surface area contributed by atoms with Gasteiger partial charge >= 0.3 is 0 Å². The van der Waals surface area contributed by atoms with Crippen LogP contribution in [0.15, 0.2) is 40.3 Å². The molecule has 2 saturated heterocycles. The van der Waals surface area contributed by atoms with Crippen molar-refractivity contribution in [1.29, 1.82) is 0 Å². The predicted octanol–water partition coefficient (Wildman–Crippen LogP) is 1.10. The lowest BCUT2D eigenvalue weighted by molar-refractivity contribution is -0.140. The van der Waals surface area contributed by atoms with Gasteiger partial charge in [-0.3, -0.25) is 9.59 Å². The number of carbonyl (C=O) groups is 2. The third-order valence-electron chi connectivity index (χ3n) is 6.54. The summed E-state index contributed by atoms with van der Waals surface area (Å²) in [6, 6.07) is 6.49. The van der Waals surface area contributed by atoms with Crippen molar-refractivity contribution < 1.29 is 18.0 Å². The zero-order chi connectivity index (χ0) is 25.4. The average Bonchev–Trinajstić information content (AvgIpc) is 3.32. The standard InChI is InChI=1S/C24H38N6O4S/c1-18(2)14-21(28-35(33,34)20-9-4-3-5-10-20)24(32)30-13-7-11-22(30)23(31)26-15-19-8-6-12-29(16-19)17-27-25/h3-5,9-10,17-19,21-22,28H,6-8,11-16,25H2,1-2H3,(H,26,31)/t19?,21-,22+/m1/s1. The molecule has 1 aromatic rings. The van der Waals surface area contributed by atoms with Crippen LogP contribution >= 0.6 is 0 Å². The maximum Gasteiger partial charge on any atom is 0.242 e. The number of nitrogens with two attached hydrogens (primary N) is 1. The highest BCUT2D eigenvalue weighted by Gasteiger charge is 2.39. The number of carbonyl (C=O) groups excluding carboxylic acids is 2. The molecule has 2 aliphatic rings. The molecule has 0 radical (unpaired) electrons. The average molecular weight is 507 g/mol. The monoisotopic (exact) mass is 506 g/mol. The smallest absolute Gasteiger partial charge is 0.242 e. The number of sulfonamides is 1. The first kappa shape index (κ1) is 26.9. The molecule has 0 spiro atoms. The highest BCUT2D eigenvalue weighted by atomic mass is 32.2. The van der Waals surface area contributed by atoms with Crippen LogP contribution < -0.4 is 15.9 Å². The Morgan fingerprint density at radius 2 is 1.89 bits per heavy atom.